The monoisotopic (exact) mass is 316 g/mol. The van der Waals surface area contributed by atoms with Gasteiger partial charge in [0, 0.05) is 19.2 Å². The average molecular weight is 316 g/mol. The van der Waals surface area contributed by atoms with Crippen LogP contribution in [0.15, 0.2) is 30.6 Å². The van der Waals surface area contributed by atoms with Crippen LogP contribution >= 0.6 is 0 Å². The van der Waals surface area contributed by atoms with Crippen LogP contribution in [0.25, 0.3) is 0 Å². The summed E-state index contributed by atoms with van der Waals surface area (Å²) in [6.45, 7) is 4.06. The molecule has 3 rings (SSSR count). The number of ether oxygens (including phenoxy) is 2. The van der Waals surface area contributed by atoms with E-state index in [-0.39, 0.29) is 12.0 Å². The predicted molar refractivity (Wildman–Crippen MR) is 83.2 cm³/mol. The molecule has 0 spiro atoms. The Bertz CT molecular complexity index is 668. The van der Waals surface area contributed by atoms with Gasteiger partial charge in [0.05, 0.1) is 19.8 Å². The van der Waals surface area contributed by atoms with Gasteiger partial charge in [-0.15, -0.1) is 10.2 Å². The number of rotatable bonds is 4. The number of carbonyl (C=O) groups is 1. The van der Waals surface area contributed by atoms with Crippen molar-refractivity contribution in [1.29, 1.82) is 0 Å². The maximum Gasteiger partial charge on any atom is 0.254 e. The SMILES string of the molecule is CCOc1ccc(C(=O)N2CCOC(c3nncn3C)C2)cc1. The number of hydrogen-bond acceptors (Lipinski definition) is 5. The van der Waals surface area contributed by atoms with Crippen LogP contribution in [0.5, 0.6) is 5.75 Å². The number of benzene rings is 1. The van der Waals surface area contributed by atoms with Crippen molar-refractivity contribution >= 4 is 5.91 Å². The van der Waals surface area contributed by atoms with Crippen LogP contribution in [0.1, 0.15) is 29.2 Å². The standard InChI is InChI=1S/C16H20N4O3/c1-3-22-13-6-4-12(5-7-13)16(21)20-8-9-23-14(10-20)15-18-17-11-19(15)2/h4-7,11,14H,3,8-10H2,1-2H3. The second kappa shape index (κ2) is 6.78. The lowest BCUT2D eigenvalue weighted by molar-refractivity contribution is -0.0281. The molecule has 7 nitrogen and oxygen atoms in total. The highest BCUT2D eigenvalue weighted by atomic mass is 16.5. The molecule has 0 bridgehead atoms. The van der Waals surface area contributed by atoms with Crippen molar-refractivity contribution in [2.24, 2.45) is 7.05 Å². The number of aryl methyl sites for hydroxylation is 1. The van der Waals surface area contributed by atoms with E-state index in [0.29, 0.717) is 31.9 Å². The zero-order valence-corrected chi connectivity index (χ0v) is 13.3. The number of amides is 1. The van der Waals surface area contributed by atoms with E-state index in [4.69, 9.17) is 9.47 Å². The van der Waals surface area contributed by atoms with Crippen molar-refractivity contribution in [2.75, 3.05) is 26.3 Å². The molecule has 1 aliphatic heterocycles. The Kier molecular flexibility index (Phi) is 4.57. The van der Waals surface area contributed by atoms with Gasteiger partial charge in [0.15, 0.2) is 5.82 Å². The quantitative estimate of drug-likeness (QED) is 0.853. The van der Waals surface area contributed by atoms with E-state index in [2.05, 4.69) is 10.2 Å². The molecule has 23 heavy (non-hydrogen) atoms. The fourth-order valence-electron chi connectivity index (χ4n) is 2.62. The summed E-state index contributed by atoms with van der Waals surface area (Å²) >= 11 is 0. The van der Waals surface area contributed by atoms with Crippen molar-refractivity contribution in [3.63, 3.8) is 0 Å². The van der Waals surface area contributed by atoms with Gasteiger partial charge in [-0.3, -0.25) is 4.79 Å². The summed E-state index contributed by atoms with van der Waals surface area (Å²) in [4.78, 5) is 14.4. The molecule has 2 aromatic rings. The highest BCUT2D eigenvalue weighted by molar-refractivity contribution is 5.94. The third kappa shape index (κ3) is 3.34. The number of morpholine rings is 1. The largest absolute Gasteiger partial charge is 0.494 e. The van der Waals surface area contributed by atoms with Gasteiger partial charge in [-0.25, -0.2) is 0 Å². The zero-order valence-electron chi connectivity index (χ0n) is 13.3. The Morgan fingerprint density at radius 3 is 2.83 bits per heavy atom. The van der Waals surface area contributed by atoms with Crippen molar-refractivity contribution in [1.82, 2.24) is 19.7 Å². The van der Waals surface area contributed by atoms with E-state index in [1.165, 1.54) is 0 Å². The first-order valence-electron chi connectivity index (χ1n) is 7.66. The number of carbonyl (C=O) groups excluding carboxylic acids is 1. The minimum absolute atomic E-state index is 0.0106. The van der Waals surface area contributed by atoms with Crippen LogP contribution in [-0.2, 0) is 11.8 Å². The normalized spacial score (nSPS) is 18.0. The second-order valence-corrected chi connectivity index (χ2v) is 5.37. The lowest BCUT2D eigenvalue weighted by Crippen LogP contribution is -2.42. The Labute approximate surface area is 134 Å². The van der Waals surface area contributed by atoms with E-state index in [9.17, 15) is 4.79 Å². The molecule has 1 unspecified atom stereocenters. The van der Waals surface area contributed by atoms with Crippen LogP contribution in [-0.4, -0.2) is 51.9 Å². The first kappa shape index (κ1) is 15.5. The van der Waals surface area contributed by atoms with Gasteiger partial charge in [0.25, 0.3) is 5.91 Å². The van der Waals surface area contributed by atoms with Gasteiger partial charge < -0.3 is 18.9 Å². The van der Waals surface area contributed by atoms with E-state index in [0.717, 1.165) is 11.6 Å². The van der Waals surface area contributed by atoms with Gasteiger partial charge in [0.1, 0.15) is 18.2 Å². The predicted octanol–water partition coefficient (Wildman–Crippen LogP) is 1.43. The lowest BCUT2D eigenvalue weighted by Gasteiger charge is -2.32. The second-order valence-electron chi connectivity index (χ2n) is 5.37. The van der Waals surface area contributed by atoms with Crippen molar-refractivity contribution in [2.45, 2.75) is 13.0 Å². The zero-order chi connectivity index (χ0) is 16.2. The fourth-order valence-corrected chi connectivity index (χ4v) is 2.62. The molecule has 1 fully saturated rings. The summed E-state index contributed by atoms with van der Waals surface area (Å²) in [5.41, 5.74) is 0.645. The van der Waals surface area contributed by atoms with Crippen molar-refractivity contribution in [3.8, 4) is 5.75 Å². The van der Waals surface area contributed by atoms with Crippen LogP contribution in [0, 0.1) is 0 Å². The molecule has 0 aliphatic carbocycles. The van der Waals surface area contributed by atoms with Crippen LogP contribution in [0.3, 0.4) is 0 Å². The molecule has 1 atom stereocenters. The summed E-state index contributed by atoms with van der Waals surface area (Å²) in [6.07, 6.45) is 1.38. The summed E-state index contributed by atoms with van der Waals surface area (Å²) in [7, 11) is 1.87. The molecule has 2 heterocycles. The molecule has 1 saturated heterocycles. The van der Waals surface area contributed by atoms with Gasteiger partial charge in [-0.1, -0.05) is 0 Å². The van der Waals surface area contributed by atoms with Gasteiger partial charge >= 0.3 is 0 Å². The van der Waals surface area contributed by atoms with Gasteiger partial charge in [-0.05, 0) is 31.2 Å². The summed E-state index contributed by atoms with van der Waals surface area (Å²) < 4.78 is 13.0. The first-order valence-corrected chi connectivity index (χ1v) is 7.66. The molecule has 1 aromatic carbocycles. The molecule has 1 aromatic heterocycles. The highest BCUT2D eigenvalue weighted by Gasteiger charge is 2.28. The van der Waals surface area contributed by atoms with E-state index in [1.54, 1.807) is 23.4 Å². The maximum atomic E-state index is 12.7. The summed E-state index contributed by atoms with van der Waals surface area (Å²) in [5.74, 6) is 1.49. The van der Waals surface area contributed by atoms with E-state index >= 15 is 0 Å². The van der Waals surface area contributed by atoms with E-state index in [1.807, 2.05) is 30.7 Å². The maximum absolute atomic E-state index is 12.7. The molecule has 7 heteroatoms. The number of nitrogens with zero attached hydrogens (tertiary/aromatic N) is 4. The smallest absolute Gasteiger partial charge is 0.254 e. The Morgan fingerprint density at radius 2 is 2.17 bits per heavy atom. The number of hydrogen-bond donors (Lipinski definition) is 0. The lowest BCUT2D eigenvalue weighted by atomic mass is 10.1. The minimum Gasteiger partial charge on any atom is -0.494 e. The topological polar surface area (TPSA) is 69.5 Å². The summed E-state index contributed by atoms with van der Waals surface area (Å²) in [5, 5.41) is 7.94. The Hall–Kier alpha value is -2.41. The first-order chi connectivity index (χ1) is 11.2. The van der Waals surface area contributed by atoms with Crippen LogP contribution in [0.2, 0.25) is 0 Å². The molecule has 0 radical (unpaired) electrons. The third-order valence-corrected chi connectivity index (χ3v) is 3.80. The fraction of sp³-hybridized carbons (Fsp3) is 0.438. The van der Waals surface area contributed by atoms with Crippen LogP contribution < -0.4 is 4.74 Å². The highest BCUT2D eigenvalue weighted by Crippen LogP contribution is 2.22. The molecular formula is C16H20N4O3. The molecule has 1 amide bonds. The average Bonchev–Trinajstić information content (AvgIpc) is 3.01. The Balaban J connectivity index is 1.70. The molecule has 0 saturated carbocycles. The Morgan fingerprint density at radius 1 is 1.39 bits per heavy atom. The van der Waals surface area contributed by atoms with Crippen molar-refractivity contribution in [3.05, 3.63) is 42.0 Å². The molecule has 1 aliphatic rings. The molecule has 0 N–H and O–H groups in total. The van der Waals surface area contributed by atoms with E-state index < -0.39 is 0 Å². The van der Waals surface area contributed by atoms with Crippen LogP contribution in [0.4, 0.5) is 0 Å². The third-order valence-electron chi connectivity index (χ3n) is 3.80. The summed E-state index contributed by atoms with van der Waals surface area (Å²) in [6, 6.07) is 7.22. The number of aromatic nitrogens is 3. The molecule has 122 valence electrons. The minimum atomic E-state index is -0.247. The van der Waals surface area contributed by atoms with Crippen molar-refractivity contribution < 1.29 is 14.3 Å². The molecular weight excluding hydrogens is 296 g/mol. The van der Waals surface area contributed by atoms with Gasteiger partial charge in [-0.2, -0.15) is 0 Å². The van der Waals surface area contributed by atoms with Gasteiger partial charge in [0.2, 0.25) is 0 Å².